The maximum absolute atomic E-state index is 13.5. The molecule has 1 aromatic heterocycles. The molecule has 1 aliphatic heterocycles. The average molecular weight is 503 g/mol. The number of benzene rings is 1. The topological polar surface area (TPSA) is 65.5 Å². The number of ketones is 2. The summed E-state index contributed by atoms with van der Waals surface area (Å²) in [6, 6.07) is 3.95. The van der Waals surface area contributed by atoms with Crippen molar-refractivity contribution in [1.29, 1.82) is 0 Å². The third-order valence-corrected chi connectivity index (χ3v) is 5.73. The van der Waals surface area contributed by atoms with E-state index in [0.717, 1.165) is 0 Å². The standard InChI is InChI=1S/C24H23F6NO4/c1-6-12-7-8-14(10-15(12)17-18(32)21(2,3)35-22(4,5)19(17)33)34-20-16(24(28,29)30)9-13(11-31-20)23(25,26)27/h7-11,17H,6H2,1-5H3. The fourth-order valence-corrected chi connectivity index (χ4v) is 4.07. The summed E-state index contributed by atoms with van der Waals surface area (Å²) < 4.78 is 90.2. The fourth-order valence-electron chi connectivity index (χ4n) is 4.07. The molecule has 0 radical (unpaired) electrons. The second-order valence-corrected chi connectivity index (χ2v) is 9.17. The molecule has 0 N–H and O–H groups in total. The van der Waals surface area contributed by atoms with Crippen LogP contribution >= 0.6 is 0 Å². The van der Waals surface area contributed by atoms with Gasteiger partial charge in [0.15, 0.2) is 11.6 Å². The van der Waals surface area contributed by atoms with E-state index in [9.17, 15) is 35.9 Å². The van der Waals surface area contributed by atoms with E-state index in [1.807, 2.05) is 0 Å². The zero-order chi connectivity index (χ0) is 26.6. The Morgan fingerprint density at radius 1 is 0.943 bits per heavy atom. The highest BCUT2D eigenvalue weighted by molar-refractivity contribution is 6.15. The van der Waals surface area contributed by atoms with Gasteiger partial charge in [-0.25, -0.2) is 4.98 Å². The largest absolute Gasteiger partial charge is 0.438 e. The van der Waals surface area contributed by atoms with Gasteiger partial charge in [0.2, 0.25) is 5.88 Å². The number of carbonyl (C=O) groups excluding carboxylic acids is 2. The van der Waals surface area contributed by atoms with Crippen molar-refractivity contribution in [2.75, 3.05) is 0 Å². The maximum atomic E-state index is 13.5. The zero-order valence-corrected chi connectivity index (χ0v) is 19.5. The molecule has 35 heavy (non-hydrogen) atoms. The van der Waals surface area contributed by atoms with Gasteiger partial charge in [0.25, 0.3) is 0 Å². The van der Waals surface area contributed by atoms with Crippen molar-refractivity contribution in [2.45, 2.75) is 70.5 Å². The highest BCUT2D eigenvalue weighted by Crippen LogP contribution is 2.43. The highest BCUT2D eigenvalue weighted by Gasteiger charge is 2.53. The Labute approximate surface area is 197 Å². The Bertz CT molecular complexity index is 1140. The molecule has 0 saturated carbocycles. The van der Waals surface area contributed by atoms with E-state index in [-0.39, 0.29) is 23.6 Å². The lowest BCUT2D eigenvalue weighted by molar-refractivity contribution is -0.184. The summed E-state index contributed by atoms with van der Waals surface area (Å²) in [4.78, 5) is 29.5. The van der Waals surface area contributed by atoms with Crippen LogP contribution in [0.25, 0.3) is 0 Å². The van der Waals surface area contributed by atoms with Gasteiger partial charge in [0, 0.05) is 6.20 Å². The molecule has 2 heterocycles. The van der Waals surface area contributed by atoms with Crippen LogP contribution in [0.3, 0.4) is 0 Å². The summed E-state index contributed by atoms with van der Waals surface area (Å²) in [7, 11) is 0. The Kier molecular flexibility index (Phi) is 6.56. The van der Waals surface area contributed by atoms with Crippen molar-refractivity contribution in [3.8, 4) is 11.6 Å². The van der Waals surface area contributed by atoms with Gasteiger partial charge in [-0.3, -0.25) is 9.59 Å². The van der Waals surface area contributed by atoms with Crippen LogP contribution in [0.1, 0.15) is 62.8 Å². The predicted octanol–water partition coefficient (Wildman–Crippen LogP) is 6.28. The molecule has 0 unspecified atom stereocenters. The second kappa shape index (κ2) is 8.61. The van der Waals surface area contributed by atoms with Crippen molar-refractivity contribution >= 4 is 11.6 Å². The molecule has 0 bridgehead atoms. The number of hydrogen-bond acceptors (Lipinski definition) is 5. The number of hydrogen-bond donors (Lipinski definition) is 0. The van der Waals surface area contributed by atoms with Crippen molar-refractivity contribution in [2.24, 2.45) is 0 Å². The van der Waals surface area contributed by atoms with Crippen LogP contribution in [-0.2, 0) is 33.1 Å². The fraction of sp³-hybridized carbons (Fsp3) is 0.458. The molecule has 1 saturated heterocycles. The third-order valence-electron chi connectivity index (χ3n) is 5.73. The summed E-state index contributed by atoms with van der Waals surface area (Å²) in [5.74, 6) is -3.65. The number of ether oxygens (including phenoxy) is 2. The van der Waals surface area contributed by atoms with Crippen molar-refractivity contribution in [3.05, 3.63) is 52.7 Å². The molecule has 2 aromatic rings. The first-order valence-corrected chi connectivity index (χ1v) is 10.6. The minimum absolute atomic E-state index is 0.0831. The minimum atomic E-state index is -5.18. The first-order valence-electron chi connectivity index (χ1n) is 10.6. The van der Waals surface area contributed by atoms with Crippen LogP contribution in [-0.4, -0.2) is 27.8 Å². The summed E-state index contributed by atoms with van der Waals surface area (Å²) in [5, 5.41) is 0. The monoisotopic (exact) mass is 503 g/mol. The van der Waals surface area contributed by atoms with Gasteiger partial charge in [-0.15, -0.1) is 0 Å². The lowest BCUT2D eigenvalue weighted by Crippen LogP contribution is -2.58. The first kappa shape index (κ1) is 26.7. The quantitative estimate of drug-likeness (QED) is 0.363. The number of alkyl halides is 6. The number of carbonyl (C=O) groups is 2. The number of aryl methyl sites for hydroxylation is 1. The lowest BCUT2D eigenvalue weighted by Gasteiger charge is -2.43. The molecular weight excluding hydrogens is 480 g/mol. The number of aromatic nitrogens is 1. The third kappa shape index (κ3) is 5.19. The van der Waals surface area contributed by atoms with Gasteiger partial charge in [-0.2, -0.15) is 26.3 Å². The van der Waals surface area contributed by atoms with Crippen LogP contribution in [0.2, 0.25) is 0 Å². The number of pyridine rings is 1. The van der Waals surface area contributed by atoms with E-state index in [4.69, 9.17) is 9.47 Å². The van der Waals surface area contributed by atoms with E-state index >= 15 is 0 Å². The molecule has 1 fully saturated rings. The predicted molar refractivity (Wildman–Crippen MR) is 112 cm³/mol. The number of nitrogens with zero attached hydrogens (tertiary/aromatic N) is 1. The van der Waals surface area contributed by atoms with Gasteiger partial charge in [0.1, 0.15) is 28.4 Å². The number of rotatable bonds is 4. The summed E-state index contributed by atoms with van der Waals surface area (Å²) in [5.41, 5.74) is -5.13. The van der Waals surface area contributed by atoms with E-state index in [2.05, 4.69) is 4.98 Å². The van der Waals surface area contributed by atoms with Crippen LogP contribution in [0.15, 0.2) is 30.5 Å². The molecule has 0 atom stereocenters. The van der Waals surface area contributed by atoms with Crippen molar-refractivity contribution < 1.29 is 45.4 Å². The smallest absolute Gasteiger partial charge is 0.421 e. The summed E-state index contributed by atoms with van der Waals surface area (Å²) in [6.45, 7) is 7.84. The Balaban J connectivity index is 2.11. The van der Waals surface area contributed by atoms with Gasteiger partial charge in [-0.1, -0.05) is 13.0 Å². The van der Waals surface area contributed by atoms with Gasteiger partial charge < -0.3 is 9.47 Å². The van der Waals surface area contributed by atoms with Crippen LogP contribution in [0, 0.1) is 0 Å². The molecular formula is C24H23F6NO4. The van der Waals surface area contributed by atoms with E-state index in [1.165, 1.54) is 45.9 Å². The number of Topliss-reactive ketones (excluding diaryl/α,β-unsaturated/α-hetero) is 2. The van der Waals surface area contributed by atoms with E-state index in [0.29, 0.717) is 12.0 Å². The Morgan fingerprint density at radius 2 is 1.51 bits per heavy atom. The van der Waals surface area contributed by atoms with E-state index < -0.39 is 58.0 Å². The lowest BCUT2D eigenvalue weighted by atomic mass is 9.73. The highest BCUT2D eigenvalue weighted by atomic mass is 19.4. The molecule has 1 aliphatic rings. The van der Waals surface area contributed by atoms with Crippen molar-refractivity contribution in [3.63, 3.8) is 0 Å². The average Bonchev–Trinajstić information content (AvgIpc) is 2.71. The molecule has 190 valence electrons. The summed E-state index contributed by atoms with van der Waals surface area (Å²) in [6.07, 6.45) is -9.59. The van der Waals surface area contributed by atoms with Gasteiger partial charge in [0.05, 0.1) is 5.56 Å². The molecule has 0 spiro atoms. The SMILES string of the molecule is CCc1ccc(Oc2ncc(C(F)(F)F)cc2C(F)(F)F)cc1C1C(=O)C(C)(C)OC(C)(C)C1=O. The maximum Gasteiger partial charge on any atom is 0.421 e. The van der Waals surface area contributed by atoms with Gasteiger partial charge in [-0.05, 0) is 63.4 Å². The molecule has 11 heteroatoms. The summed E-state index contributed by atoms with van der Waals surface area (Å²) >= 11 is 0. The zero-order valence-electron chi connectivity index (χ0n) is 19.5. The number of halogens is 6. The molecule has 3 rings (SSSR count). The van der Waals surface area contributed by atoms with Crippen LogP contribution < -0.4 is 4.74 Å². The normalized spacial score (nSPS) is 18.6. The second-order valence-electron chi connectivity index (χ2n) is 9.17. The Hall–Kier alpha value is -2.95. The Morgan fingerprint density at radius 3 is 2.00 bits per heavy atom. The molecule has 0 aliphatic carbocycles. The first-order chi connectivity index (χ1) is 15.9. The van der Waals surface area contributed by atoms with Crippen LogP contribution in [0.5, 0.6) is 11.6 Å². The van der Waals surface area contributed by atoms with Crippen molar-refractivity contribution in [1.82, 2.24) is 4.98 Å². The molecule has 0 amide bonds. The van der Waals surface area contributed by atoms with Crippen LogP contribution in [0.4, 0.5) is 26.3 Å². The minimum Gasteiger partial charge on any atom is -0.438 e. The van der Waals surface area contributed by atoms with E-state index in [1.54, 1.807) is 6.92 Å². The molecule has 1 aromatic carbocycles. The molecule has 5 nitrogen and oxygen atoms in total. The van der Waals surface area contributed by atoms with Gasteiger partial charge >= 0.3 is 12.4 Å².